The Morgan fingerprint density at radius 2 is 2.22 bits per heavy atom. The molecule has 1 heterocycles. The van der Waals surface area contributed by atoms with Gasteiger partial charge in [-0.05, 0) is 25.4 Å². The number of thioether (sulfide) groups is 1. The average molecular weight is 273 g/mol. The average Bonchev–Trinajstić information content (AvgIpc) is 2.59. The minimum atomic E-state index is -0.643. The number of hydrogen-bond acceptors (Lipinski definition) is 5. The molecule has 18 heavy (non-hydrogen) atoms. The van der Waals surface area contributed by atoms with Gasteiger partial charge in [0.1, 0.15) is 0 Å². The third kappa shape index (κ3) is 2.95. The number of amides is 2. The van der Waals surface area contributed by atoms with Crippen molar-refractivity contribution >= 4 is 28.9 Å². The molecule has 6 nitrogen and oxygen atoms in total. The highest BCUT2D eigenvalue weighted by molar-refractivity contribution is 8.16. The Hall–Kier alpha value is -1.24. The first kappa shape index (κ1) is 14.8. The number of nitrogens with one attached hydrogen (secondary N) is 1. The van der Waals surface area contributed by atoms with Crippen molar-refractivity contribution in [3.8, 4) is 0 Å². The SMILES string of the molecule is CCCC1(C)SC(=NOC(=O)NC)N(CC)C1=O. The van der Waals surface area contributed by atoms with E-state index in [9.17, 15) is 9.59 Å². The summed E-state index contributed by atoms with van der Waals surface area (Å²) < 4.78 is -0.504. The van der Waals surface area contributed by atoms with Crippen LogP contribution in [0.25, 0.3) is 0 Å². The van der Waals surface area contributed by atoms with Gasteiger partial charge in [0.15, 0.2) is 0 Å². The molecule has 102 valence electrons. The van der Waals surface area contributed by atoms with E-state index in [1.165, 1.54) is 18.8 Å². The Kier molecular flexibility index (Phi) is 5.01. The molecule has 0 aromatic heterocycles. The molecule has 7 heteroatoms. The fourth-order valence-corrected chi connectivity index (χ4v) is 3.08. The molecule has 1 fully saturated rings. The van der Waals surface area contributed by atoms with E-state index in [1.54, 1.807) is 4.90 Å². The van der Waals surface area contributed by atoms with Crippen LogP contribution >= 0.6 is 11.8 Å². The van der Waals surface area contributed by atoms with Gasteiger partial charge in [0.2, 0.25) is 11.1 Å². The molecule has 0 radical (unpaired) electrons. The minimum Gasteiger partial charge on any atom is -0.323 e. The van der Waals surface area contributed by atoms with Gasteiger partial charge < -0.3 is 5.32 Å². The summed E-state index contributed by atoms with van der Waals surface area (Å²) >= 11 is 1.35. The lowest BCUT2D eigenvalue weighted by Gasteiger charge is -2.19. The summed E-state index contributed by atoms with van der Waals surface area (Å²) in [5.41, 5.74) is 0. The molecule has 1 saturated heterocycles. The van der Waals surface area contributed by atoms with E-state index in [4.69, 9.17) is 0 Å². The number of oxime groups is 1. The van der Waals surface area contributed by atoms with Crippen LogP contribution in [-0.4, -0.2) is 40.4 Å². The standard InChI is InChI=1S/C11H19N3O3S/c1-5-7-11(3)8(15)14(6-2)9(18-11)13-17-10(16)12-4/h5-7H2,1-4H3,(H,12,16). The highest BCUT2D eigenvalue weighted by Gasteiger charge is 2.47. The summed E-state index contributed by atoms with van der Waals surface area (Å²) in [7, 11) is 1.45. The van der Waals surface area contributed by atoms with Crippen molar-refractivity contribution in [1.29, 1.82) is 0 Å². The predicted molar refractivity (Wildman–Crippen MR) is 71.3 cm³/mol. The van der Waals surface area contributed by atoms with Crippen molar-refractivity contribution in [1.82, 2.24) is 10.2 Å². The lowest BCUT2D eigenvalue weighted by molar-refractivity contribution is -0.128. The quantitative estimate of drug-likeness (QED) is 0.626. The number of amidine groups is 1. The summed E-state index contributed by atoms with van der Waals surface area (Å²) in [6.45, 7) is 6.31. The van der Waals surface area contributed by atoms with Crippen molar-refractivity contribution in [2.75, 3.05) is 13.6 Å². The van der Waals surface area contributed by atoms with Crippen molar-refractivity contribution in [2.45, 2.75) is 38.4 Å². The molecule has 1 aliphatic heterocycles. The van der Waals surface area contributed by atoms with Crippen LogP contribution in [0.4, 0.5) is 4.79 Å². The summed E-state index contributed by atoms with van der Waals surface area (Å²) in [6.07, 6.45) is 1.04. The monoisotopic (exact) mass is 273 g/mol. The van der Waals surface area contributed by atoms with Crippen molar-refractivity contribution in [3.05, 3.63) is 0 Å². The first-order chi connectivity index (χ1) is 8.48. The summed E-state index contributed by atoms with van der Waals surface area (Å²) in [5, 5.41) is 6.49. The van der Waals surface area contributed by atoms with Crippen LogP contribution < -0.4 is 5.32 Å². The van der Waals surface area contributed by atoms with E-state index in [1.807, 2.05) is 20.8 Å². The molecule has 1 atom stereocenters. The Labute approximate surface area is 111 Å². The van der Waals surface area contributed by atoms with Crippen LogP contribution in [0.15, 0.2) is 5.16 Å². The van der Waals surface area contributed by atoms with Gasteiger partial charge in [-0.2, -0.15) is 0 Å². The van der Waals surface area contributed by atoms with Crippen LogP contribution in [0.1, 0.15) is 33.6 Å². The third-order valence-electron chi connectivity index (χ3n) is 2.70. The maximum Gasteiger partial charge on any atom is 0.433 e. The normalized spacial score (nSPS) is 25.7. The Bertz CT molecular complexity index is 373. The molecule has 1 rings (SSSR count). The molecular weight excluding hydrogens is 254 g/mol. The molecule has 1 aliphatic rings. The van der Waals surface area contributed by atoms with Crippen molar-refractivity contribution in [3.63, 3.8) is 0 Å². The zero-order chi connectivity index (χ0) is 13.8. The lowest BCUT2D eigenvalue weighted by Crippen LogP contribution is -2.37. The molecule has 0 aliphatic carbocycles. The minimum absolute atomic E-state index is 0.0242. The van der Waals surface area contributed by atoms with E-state index in [2.05, 4.69) is 15.3 Å². The third-order valence-corrected chi connectivity index (χ3v) is 4.01. The molecule has 0 saturated carbocycles. The fraction of sp³-hybridized carbons (Fsp3) is 0.727. The van der Waals surface area contributed by atoms with Gasteiger partial charge in [0.25, 0.3) is 0 Å². The molecule has 0 aromatic carbocycles. The Balaban J connectivity index is 2.87. The van der Waals surface area contributed by atoms with E-state index in [-0.39, 0.29) is 5.91 Å². The first-order valence-electron chi connectivity index (χ1n) is 5.96. The van der Waals surface area contributed by atoms with Crippen molar-refractivity contribution in [2.24, 2.45) is 5.16 Å². The maximum absolute atomic E-state index is 12.2. The number of rotatable bonds is 4. The van der Waals surface area contributed by atoms with Crippen LogP contribution in [0.2, 0.25) is 0 Å². The van der Waals surface area contributed by atoms with E-state index in [0.717, 1.165) is 12.8 Å². The molecule has 0 aromatic rings. The topological polar surface area (TPSA) is 71.0 Å². The Morgan fingerprint density at radius 1 is 1.56 bits per heavy atom. The van der Waals surface area contributed by atoms with Gasteiger partial charge in [-0.25, -0.2) is 4.79 Å². The van der Waals surface area contributed by atoms with Gasteiger partial charge in [0, 0.05) is 13.6 Å². The molecule has 1 N–H and O–H groups in total. The van der Waals surface area contributed by atoms with Crippen LogP contribution in [0.3, 0.4) is 0 Å². The summed E-state index contributed by atoms with van der Waals surface area (Å²) in [5.74, 6) is 0.0242. The van der Waals surface area contributed by atoms with E-state index in [0.29, 0.717) is 11.7 Å². The molecule has 0 spiro atoms. The van der Waals surface area contributed by atoms with E-state index >= 15 is 0 Å². The lowest BCUT2D eigenvalue weighted by atomic mass is 10.0. The second-order valence-corrected chi connectivity index (χ2v) is 5.61. The number of carbonyl (C=O) groups excluding carboxylic acids is 2. The Morgan fingerprint density at radius 3 is 2.72 bits per heavy atom. The second kappa shape index (κ2) is 6.08. The molecule has 0 bridgehead atoms. The molecule has 1 unspecified atom stereocenters. The van der Waals surface area contributed by atoms with Gasteiger partial charge in [-0.1, -0.05) is 25.1 Å². The number of carbonyl (C=O) groups is 2. The van der Waals surface area contributed by atoms with Crippen LogP contribution in [0, 0.1) is 0 Å². The maximum atomic E-state index is 12.2. The number of hydrogen-bond donors (Lipinski definition) is 1. The smallest absolute Gasteiger partial charge is 0.323 e. The van der Waals surface area contributed by atoms with Gasteiger partial charge in [0.05, 0.1) is 4.75 Å². The predicted octanol–water partition coefficient (Wildman–Crippen LogP) is 1.77. The largest absolute Gasteiger partial charge is 0.433 e. The highest BCUT2D eigenvalue weighted by Crippen LogP contribution is 2.40. The zero-order valence-electron chi connectivity index (χ0n) is 11.1. The van der Waals surface area contributed by atoms with E-state index < -0.39 is 10.8 Å². The van der Waals surface area contributed by atoms with Gasteiger partial charge >= 0.3 is 6.09 Å². The summed E-state index contributed by atoms with van der Waals surface area (Å²) in [6, 6.07) is 0. The van der Waals surface area contributed by atoms with Crippen LogP contribution in [0.5, 0.6) is 0 Å². The van der Waals surface area contributed by atoms with Gasteiger partial charge in [-0.3, -0.25) is 14.5 Å². The molecule has 2 amide bonds. The van der Waals surface area contributed by atoms with Gasteiger partial charge in [-0.15, -0.1) is 0 Å². The van der Waals surface area contributed by atoms with Crippen LogP contribution in [-0.2, 0) is 9.63 Å². The second-order valence-electron chi connectivity index (χ2n) is 4.13. The fourth-order valence-electron chi connectivity index (χ4n) is 1.78. The van der Waals surface area contributed by atoms with Crippen molar-refractivity contribution < 1.29 is 14.4 Å². The summed E-state index contributed by atoms with van der Waals surface area (Å²) in [4.78, 5) is 29.4. The zero-order valence-corrected chi connectivity index (χ0v) is 12.0. The molecular formula is C11H19N3O3S. The number of nitrogens with zero attached hydrogens (tertiary/aromatic N) is 2. The highest BCUT2D eigenvalue weighted by atomic mass is 32.2. The first-order valence-corrected chi connectivity index (χ1v) is 6.77.